The van der Waals surface area contributed by atoms with Crippen LogP contribution in [0.2, 0.25) is 0 Å². The number of ether oxygens (including phenoxy) is 1. The van der Waals surface area contributed by atoms with Gasteiger partial charge in [-0.1, -0.05) is 5.16 Å². The molecule has 1 atom stereocenters. The van der Waals surface area contributed by atoms with Gasteiger partial charge in [-0.2, -0.15) is 19.6 Å². The molecular weight excluding hydrogens is 322 g/mol. The van der Waals surface area contributed by atoms with Gasteiger partial charge in [-0.3, -0.25) is 0 Å². The molecule has 0 saturated carbocycles. The van der Waals surface area contributed by atoms with Gasteiger partial charge >= 0.3 is 0 Å². The lowest BCUT2D eigenvalue weighted by Crippen LogP contribution is -2.37. The predicted molar refractivity (Wildman–Crippen MR) is 89.2 cm³/mol. The lowest BCUT2D eigenvalue weighted by Gasteiger charge is -2.33. The molecule has 9 heteroatoms. The van der Waals surface area contributed by atoms with Crippen molar-refractivity contribution >= 4 is 11.6 Å². The summed E-state index contributed by atoms with van der Waals surface area (Å²) in [5, 5.41) is 8.36. The molecule has 0 aliphatic carbocycles. The number of methoxy groups -OCH3 is 1. The minimum absolute atomic E-state index is 0.454. The van der Waals surface area contributed by atoms with Crippen LogP contribution >= 0.6 is 0 Å². The Bertz CT molecular complexity index is 859. The highest BCUT2D eigenvalue weighted by Gasteiger charge is 2.24. The molecule has 4 heterocycles. The third-order valence-electron chi connectivity index (χ3n) is 4.46. The molecular formula is C16H21N7O2. The number of aryl methyl sites for hydroxylation is 1. The third kappa shape index (κ3) is 3.32. The topological polar surface area (TPSA) is 94.5 Å². The molecule has 0 spiro atoms. The van der Waals surface area contributed by atoms with Gasteiger partial charge in [0.25, 0.3) is 5.78 Å². The number of aromatic nitrogens is 6. The van der Waals surface area contributed by atoms with Crippen LogP contribution < -0.4 is 4.90 Å². The van der Waals surface area contributed by atoms with Gasteiger partial charge in [-0.25, -0.2) is 4.98 Å². The highest BCUT2D eigenvalue weighted by Crippen LogP contribution is 2.25. The molecule has 1 fully saturated rings. The standard InChI is InChI=1S/C16H21N7O2/c1-11-19-14(21-25-11)6-12-4-3-5-22(8-12)15-7-13(9-24-2)20-16-17-10-18-23(15)16/h7,10,12H,3-6,8-9H2,1-2H3. The second-order valence-corrected chi connectivity index (χ2v) is 6.40. The first-order valence-electron chi connectivity index (χ1n) is 8.45. The summed E-state index contributed by atoms with van der Waals surface area (Å²) >= 11 is 0. The van der Waals surface area contributed by atoms with E-state index >= 15 is 0 Å². The SMILES string of the molecule is COCc1cc(N2CCCC(Cc3noc(C)n3)C2)n2ncnc2n1. The molecule has 1 unspecified atom stereocenters. The predicted octanol–water partition coefficient (Wildman–Crippen LogP) is 1.42. The summed E-state index contributed by atoms with van der Waals surface area (Å²) < 4.78 is 12.1. The second kappa shape index (κ2) is 6.75. The van der Waals surface area contributed by atoms with Gasteiger partial charge in [-0.15, -0.1) is 0 Å². The maximum atomic E-state index is 5.23. The van der Waals surface area contributed by atoms with Crippen LogP contribution in [0.1, 0.15) is 30.3 Å². The molecule has 25 heavy (non-hydrogen) atoms. The van der Waals surface area contributed by atoms with Crippen LogP contribution in [0.5, 0.6) is 0 Å². The van der Waals surface area contributed by atoms with Crippen LogP contribution in [0.15, 0.2) is 16.9 Å². The number of rotatable bonds is 5. The summed E-state index contributed by atoms with van der Waals surface area (Å²) in [6.45, 7) is 4.17. The molecule has 0 N–H and O–H groups in total. The normalized spacial score (nSPS) is 18.2. The number of piperidine rings is 1. The Balaban J connectivity index is 1.58. The molecule has 0 amide bonds. The van der Waals surface area contributed by atoms with Gasteiger partial charge in [0.1, 0.15) is 12.1 Å². The number of anilines is 1. The Labute approximate surface area is 145 Å². The zero-order chi connectivity index (χ0) is 17.2. The van der Waals surface area contributed by atoms with E-state index in [2.05, 4.69) is 30.1 Å². The van der Waals surface area contributed by atoms with E-state index < -0.39 is 0 Å². The zero-order valence-corrected chi connectivity index (χ0v) is 14.4. The Morgan fingerprint density at radius 1 is 1.36 bits per heavy atom. The molecule has 132 valence electrons. The quantitative estimate of drug-likeness (QED) is 0.686. The maximum absolute atomic E-state index is 5.23. The van der Waals surface area contributed by atoms with E-state index in [1.54, 1.807) is 11.6 Å². The van der Waals surface area contributed by atoms with E-state index in [1.807, 2.05) is 13.0 Å². The summed E-state index contributed by atoms with van der Waals surface area (Å²) in [4.78, 5) is 15.4. The van der Waals surface area contributed by atoms with Crippen LogP contribution in [0, 0.1) is 12.8 Å². The third-order valence-corrected chi connectivity index (χ3v) is 4.46. The summed E-state index contributed by atoms with van der Waals surface area (Å²) in [5.41, 5.74) is 0.855. The summed E-state index contributed by atoms with van der Waals surface area (Å²) in [5.74, 6) is 3.47. The van der Waals surface area contributed by atoms with Crippen molar-refractivity contribution in [2.24, 2.45) is 5.92 Å². The first-order chi connectivity index (χ1) is 12.2. The molecule has 0 bridgehead atoms. The fraction of sp³-hybridized carbons (Fsp3) is 0.562. The van der Waals surface area contributed by atoms with Crippen LogP contribution in [0.4, 0.5) is 5.82 Å². The number of hydrogen-bond acceptors (Lipinski definition) is 8. The average molecular weight is 343 g/mol. The molecule has 3 aromatic heterocycles. The smallest absolute Gasteiger partial charge is 0.254 e. The van der Waals surface area contributed by atoms with Gasteiger partial charge in [0.15, 0.2) is 5.82 Å². The van der Waals surface area contributed by atoms with Crippen LogP contribution in [-0.2, 0) is 17.8 Å². The Morgan fingerprint density at radius 2 is 2.28 bits per heavy atom. The number of nitrogens with zero attached hydrogens (tertiary/aromatic N) is 7. The van der Waals surface area contributed by atoms with E-state index in [-0.39, 0.29) is 0 Å². The van der Waals surface area contributed by atoms with Crippen LogP contribution in [0.25, 0.3) is 5.78 Å². The minimum Gasteiger partial charge on any atom is -0.378 e. The molecule has 0 radical (unpaired) electrons. The van der Waals surface area contributed by atoms with Crippen molar-refractivity contribution in [3.63, 3.8) is 0 Å². The van der Waals surface area contributed by atoms with Crippen molar-refractivity contribution in [1.29, 1.82) is 0 Å². The fourth-order valence-electron chi connectivity index (χ4n) is 3.41. The molecule has 1 aliphatic heterocycles. The molecule has 0 aromatic carbocycles. The van der Waals surface area contributed by atoms with Crippen molar-refractivity contribution in [1.82, 2.24) is 29.7 Å². The van der Waals surface area contributed by atoms with Gasteiger partial charge in [0.2, 0.25) is 5.89 Å². The largest absolute Gasteiger partial charge is 0.378 e. The lowest BCUT2D eigenvalue weighted by molar-refractivity contribution is 0.181. The monoisotopic (exact) mass is 343 g/mol. The molecule has 1 aliphatic rings. The van der Waals surface area contributed by atoms with Crippen molar-refractivity contribution in [3.05, 3.63) is 29.8 Å². The van der Waals surface area contributed by atoms with Crippen LogP contribution in [-0.4, -0.2) is 49.9 Å². The summed E-state index contributed by atoms with van der Waals surface area (Å²) in [7, 11) is 1.67. The van der Waals surface area contributed by atoms with Gasteiger partial charge in [0.05, 0.1) is 12.3 Å². The van der Waals surface area contributed by atoms with Crippen molar-refractivity contribution in [2.45, 2.75) is 32.8 Å². The van der Waals surface area contributed by atoms with Gasteiger partial charge < -0.3 is 14.2 Å². The highest BCUT2D eigenvalue weighted by atomic mass is 16.5. The van der Waals surface area contributed by atoms with E-state index in [1.165, 1.54) is 6.33 Å². The van der Waals surface area contributed by atoms with E-state index in [4.69, 9.17) is 9.26 Å². The van der Waals surface area contributed by atoms with Crippen LogP contribution in [0.3, 0.4) is 0 Å². The summed E-state index contributed by atoms with van der Waals surface area (Å²) in [6, 6.07) is 2.03. The Morgan fingerprint density at radius 3 is 3.08 bits per heavy atom. The molecule has 4 rings (SSSR count). The van der Waals surface area contributed by atoms with Gasteiger partial charge in [-0.05, 0) is 18.8 Å². The minimum atomic E-state index is 0.454. The first kappa shape index (κ1) is 15.9. The maximum Gasteiger partial charge on any atom is 0.254 e. The fourth-order valence-corrected chi connectivity index (χ4v) is 3.41. The zero-order valence-electron chi connectivity index (χ0n) is 14.4. The number of hydrogen-bond donors (Lipinski definition) is 0. The van der Waals surface area contributed by atoms with Crippen molar-refractivity contribution in [3.8, 4) is 0 Å². The molecule has 1 saturated heterocycles. The Hall–Kier alpha value is -2.55. The van der Waals surface area contributed by atoms with E-state index in [9.17, 15) is 0 Å². The highest BCUT2D eigenvalue weighted by molar-refractivity contribution is 5.47. The lowest BCUT2D eigenvalue weighted by atomic mass is 9.94. The first-order valence-corrected chi connectivity index (χ1v) is 8.45. The Kier molecular flexibility index (Phi) is 4.31. The molecule has 3 aromatic rings. The van der Waals surface area contributed by atoms with E-state index in [0.717, 1.165) is 49.7 Å². The average Bonchev–Trinajstić information content (AvgIpc) is 3.23. The second-order valence-electron chi connectivity index (χ2n) is 6.40. The number of fused-ring (bicyclic) bond motifs is 1. The summed E-state index contributed by atoms with van der Waals surface area (Å²) in [6.07, 6.45) is 4.62. The molecule has 9 nitrogen and oxygen atoms in total. The van der Waals surface area contributed by atoms with E-state index in [0.29, 0.717) is 24.2 Å². The van der Waals surface area contributed by atoms with Gasteiger partial charge in [0, 0.05) is 39.6 Å². The van der Waals surface area contributed by atoms with Crippen molar-refractivity contribution < 1.29 is 9.26 Å². The van der Waals surface area contributed by atoms with Crippen molar-refractivity contribution in [2.75, 3.05) is 25.1 Å².